The van der Waals surface area contributed by atoms with Crippen molar-refractivity contribution in [3.8, 4) is 11.5 Å². The minimum Gasteiger partial charge on any atom is -0.497 e. The molecule has 2 N–H and O–H groups in total. The molecule has 2 rings (SSSR count). The molecule has 0 unspecified atom stereocenters. The number of amides is 2. The molecule has 6 nitrogen and oxygen atoms in total. The fraction of sp³-hybridized carbons (Fsp3) is 0.125. The van der Waals surface area contributed by atoms with Gasteiger partial charge in [-0.3, -0.25) is 20.4 Å². The number of methoxy groups -OCH3 is 1. The highest BCUT2D eigenvalue weighted by molar-refractivity contribution is 9.10. The van der Waals surface area contributed by atoms with Gasteiger partial charge in [-0.25, -0.2) is 0 Å². The van der Waals surface area contributed by atoms with Gasteiger partial charge >= 0.3 is 0 Å². The summed E-state index contributed by atoms with van der Waals surface area (Å²) in [6.07, 6.45) is 0. The zero-order valence-electron chi connectivity index (χ0n) is 12.6. The molecule has 0 aliphatic rings. The van der Waals surface area contributed by atoms with E-state index in [-0.39, 0.29) is 6.61 Å². The molecular formula is C16H14BrClN2O4. The molecule has 0 saturated carbocycles. The van der Waals surface area contributed by atoms with E-state index in [4.69, 9.17) is 21.1 Å². The standard InChI is InChI=1S/C16H14BrClN2O4/c1-23-12-5-2-10(3-6-12)16(22)20-19-15(21)9-24-14-7-4-11(18)8-13(14)17/h2-8H,9H2,1H3,(H,19,21)(H,20,22). The zero-order valence-corrected chi connectivity index (χ0v) is 15.0. The van der Waals surface area contributed by atoms with Crippen molar-refractivity contribution in [2.24, 2.45) is 0 Å². The van der Waals surface area contributed by atoms with Crippen molar-refractivity contribution in [2.45, 2.75) is 0 Å². The fourth-order valence-corrected chi connectivity index (χ4v) is 2.51. The van der Waals surface area contributed by atoms with Gasteiger partial charge in [0.05, 0.1) is 11.6 Å². The molecule has 126 valence electrons. The van der Waals surface area contributed by atoms with Crippen LogP contribution in [-0.2, 0) is 4.79 Å². The zero-order chi connectivity index (χ0) is 17.5. The summed E-state index contributed by atoms with van der Waals surface area (Å²) in [7, 11) is 1.54. The van der Waals surface area contributed by atoms with Gasteiger partial charge < -0.3 is 9.47 Å². The van der Waals surface area contributed by atoms with Crippen LogP contribution >= 0.6 is 27.5 Å². The summed E-state index contributed by atoms with van der Waals surface area (Å²) >= 11 is 9.10. The van der Waals surface area contributed by atoms with E-state index in [9.17, 15) is 9.59 Å². The van der Waals surface area contributed by atoms with Gasteiger partial charge in [0.25, 0.3) is 11.8 Å². The van der Waals surface area contributed by atoms with Gasteiger partial charge in [0.15, 0.2) is 6.61 Å². The SMILES string of the molecule is COc1ccc(C(=O)NNC(=O)COc2ccc(Cl)cc2Br)cc1. The van der Waals surface area contributed by atoms with Gasteiger partial charge in [-0.1, -0.05) is 11.6 Å². The molecule has 0 fully saturated rings. The fourth-order valence-electron chi connectivity index (χ4n) is 1.71. The van der Waals surface area contributed by atoms with Crippen molar-refractivity contribution in [1.29, 1.82) is 0 Å². The van der Waals surface area contributed by atoms with E-state index in [0.29, 0.717) is 26.6 Å². The van der Waals surface area contributed by atoms with Crippen LogP contribution in [0.1, 0.15) is 10.4 Å². The van der Waals surface area contributed by atoms with Crippen LogP contribution in [0.2, 0.25) is 5.02 Å². The van der Waals surface area contributed by atoms with Crippen molar-refractivity contribution in [1.82, 2.24) is 10.9 Å². The first kappa shape index (κ1) is 18.1. The average Bonchev–Trinajstić information content (AvgIpc) is 2.59. The van der Waals surface area contributed by atoms with Crippen LogP contribution in [0.5, 0.6) is 11.5 Å². The highest BCUT2D eigenvalue weighted by atomic mass is 79.9. The highest BCUT2D eigenvalue weighted by Crippen LogP contribution is 2.27. The van der Waals surface area contributed by atoms with E-state index in [1.54, 1.807) is 42.5 Å². The molecule has 0 heterocycles. The van der Waals surface area contributed by atoms with Gasteiger partial charge in [-0.05, 0) is 58.4 Å². The molecule has 24 heavy (non-hydrogen) atoms. The first-order valence-corrected chi connectivity index (χ1v) is 7.98. The molecule has 0 aliphatic carbocycles. The van der Waals surface area contributed by atoms with E-state index in [2.05, 4.69) is 26.8 Å². The number of hydrogen-bond donors (Lipinski definition) is 2. The Morgan fingerprint density at radius 1 is 1.12 bits per heavy atom. The predicted octanol–water partition coefficient (Wildman–Crippen LogP) is 2.95. The molecule has 0 spiro atoms. The number of halogens is 2. The van der Waals surface area contributed by atoms with Crippen LogP contribution in [0.3, 0.4) is 0 Å². The maximum Gasteiger partial charge on any atom is 0.276 e. The normalized spacial score (nSPS) is 9.96. The Kier molecular flexibility index (Phi) is 6.45. The average molecular weight is 414 g/mol. The number of benzene rings is 2. The van der Waals surface area contributed by atoms with Crippen molar-refractivity contribution in [2.75, 3.05) is 13.7 Å². The molecular weight excluding hydrogens is 400 g/mol. The number of hydrazine groups is 1. The Balaban J connectivity index is 1.80. The monoisotopic (exact) mass is 412 g/mol. The molecule has 0 aromatic heterocycles. The number of ether oxygens (including phenoxy) is 2. The van der Waals surface area contributed by atoms with E-state index in [1.807, 2.05) is 0 Å². The third-order valence-electron chi connectivity index (χ3n) is 2.92. The van der Waals surface area contributed by atoms with E-state index >= 15 is 0 Å². The van der Waals surface area contributed by atoms with Crippen molar-refractivity contribution in [3.05, 3.63) is 57.5 Å². The Bertz CT molecular complexity index is 737. The third-order valence-corrected chi connectivity index (χ3v) is 3.78. The first-order valence-electron chi connectivity index (χ1n) is 6.80. The lowest BCUT2D eigenvalue weighted by molar-refractivity contribution is -0.123. The molecule has 0 atom stereocenters. The molecule has 0 bridgehead atoms. The lowest BCUT2D eigenvalue weighted by Crippen LogP contribution is -2.43. The molecule has 2 aromatic carbocycles. The maximum absolute atomic E-state index is 11.9. The van der Waals surface area contributed by atoms with Gasteiger partial charge in [0.1, 0.15) is 11.5 Å². The minimum absolute atomic E-state index is 0.261. The number of carbonyl (C=O) groups excluding carboxylic acids is 2. The summed E-state index contributed by atoms with van der Waals surface area (Å²) in [4.78, 5) is 23.6. The van der Waals surface area contributed by atoms with Crippen LogP contribution < -0.4 is 20.3 Å². The topological polar surface area (TPSA) is 76.7 Å². The predicted molar refractivity (Wildman–Crippen MR) is 93.2 cm³/mol. The summed E-state index contributed by atoms with van der Waals surface area (Å²) in [5.74, 6) is 0.158. The first-order chi connectivity index (χ1) is 11.5. The van der Waals surface area contributed by atoms with Crippen LogP contribution in [0, 0.1) is 0 Å². The minimum atomic E-state index is -0.501. The maximum atomic E-state index is 11.9. The number of carbonyl (C=O) groups is 2. The molecule has 0 radical (unpaired) electrons. The summed E-state index contributed by atoms with van der Waals surface area (Å²) in [6, 6.07) is 11.4. The van der Waals surface area contributed by atoms with Gasteiger partial charge in [0, 0.05) is 10.6 Å². The highest BCUT2D eigenvalue weighted by Gasteiger charge is 2.09. The summed E-state index contributed by atoms with van der Waals surface area (Å²) in [6.45, 7) is -0.261. The smallest absolute Gasteiger partial charge is 0.276 e. The number of rotatable bonds is 5. The van der Waals surface area contributed by atoms with E-state index in [1.165, 1.54) is 7.11 Å². The molecule has 0 aliphatic heterocycles. The summed E-state index contributed by atoms with van der Waals surface area (Å²) < 4.78 is 11.0. The second kappa shape index (κ2) is 8.56. The van der Waals surface area contributed by atoms with Crippen LogP contribution in [0.15, 0.2) is 46.9 Å². The van der Waals surface area contributed by atoms with Crippen LogP contribution in [0.4, 0.5) is 0 Å². The lowest BCUT2D eigenvalue weighted by atomic mass is 10.2. The number of nitrogens with one attached hydrogen (secondary N) is 2. The Labute approximate surface area is 152 Å². The van der Waals surface area contributed by atoms with Crippen molar-refractivity contribution < 1.29 is 19.1 Å². The second-order valence-electron chi connectivity index (χ2n) is 4.59. The van der Waals surface area contributed by atoms with Crippen molar-refractivity contribution >= 4 is 39.3 Å². The quantitative estimate of drug-likeness (QED) is 0.739. The summed E-state index contributed by atoms with van der Waals surface area (Å²) in [5.41, 5.74) is 4.97. The second-order valence-corrected chi connectivity index (χ2v) is 5.88. The van der Waals surface area contributed by atoms with E-state index in [0.717, 1.165) is 0 Å². The Hall–Kier alpha value is -2.25. The molecule has 2 amide bonds. The third kappa shape index (κ3) is 5.14. The van der Waals surface area contributed by atoms with Gasteiger partial charge in [-0.2, -0.15) is 0 Å². The van der Waals surface area contributed by atoms with Crippen LogP contribution in [0.25, 0.3) is 0 Å². The molecule has 2 aromatic rings. The van der Waals surface area contributed by atoms with Crippen LogP contribution in [-0.4, -0.2) is 25.5 Å². The summed E-state index contributed by atoms with van der Waals surface area (Å²) in [5, 5.41) is 0.547. The van der Waals surface area contributed by atoms with Gasteiger partial charge in [0.2, 0.25) is 0 Å². The van der Waals surface area contributed by atoms with Crippen molar-refractivity contribution in [3.63, 3.8) is 0 Å². The van der Waals surface area contributed by atoms with Gasteiger partial charge in [-0.15, -0.1) is 0 Å². The Morgan fingerprint density at radius 3 is 2.46 bits per heavy atom. The molecule has 8 heteroatoms. The number of hydrogen-bond acceptors (Lipinski definition) is 4. The largest absolute Gasteiger partial charge is 0.497 e. The Morgan fingerprint density at radius 2 is 1.83 bits per heavy atom. The lowest BCUT2D eigenvalue weighted by Gasteiger charge is -2.10. The molecule has 0 saturated heterocycles. The van der Waals surface area contributed by atoms with E-state index < -0.39 is 11.8 Å².